The van der Waals surface area contributed by atoms with Crippen molar-refractivity contribution in [3.8, 4) is 0 Å². The third kappa shape index (κ3) is 3.74. The Morgan fingerprint density at radius 1 is 1.47 bits per heavy atom. The summed E-state index contributed by atoms with van der Waals surface area (Å²) in [6, 6.07) is 2.09. The highest BCUT2D eigenvalue weighted by Gasteiger charge is 2.18. The highest BCUT2D eigenvalue weighted by Crippen LogP contribution is 2.32. The lowest BCUT2D eigenvalue weighted by molar-refractivity contribution is 0.330. The highest BCUT2D eigenvalue weighted by atomic mass is 79.9. The lowest BCUT2D eigenvalue weighted by Gasteiger charge is -2.28. The zero-order chi connectivity index (χ0) is 11.5. The third-order valence-electron chi connectivity index (χ3n) is 2.95. The van der Waals surface area contributed by atoms with Crippen molar-refractivity contribution in [2.24, 2.45) is 0 Å². The molecule has 0 aliphatic heterocycles. The molecule has 0 aromatic carbocycles. The number of nitrogens with one attached hydrogen (secondary N) is 1. The molecule has 0 aliphatic carbocycles. The molecule has 0 amide bonds. The summed E-state index contributed by atoms with van der Waals surface area (Å²) < 4.78 is 1.84. The van der Waals surface area contributed by atoms with Gasteiger partial charge in [-0.1, -0.05) is 25.4 Å². The van der Waals surface area contributed by atoms with E-state index in [2.05, 4.69) is 48.1 Å². The molecule has 0 atom stereocenters. The molecule has 0 unspecified atom stereocenters. The van der Waals surface area contributed by atoms with Crippen molar-refractivity contribution < 1.29 is 0 Å². The maximum Gasteiger partial charge on any atom is 0.107 e. The van der Waals surface area contributed by atoms with E-state index in [0.29, 0.717) is 0 Å². The molecule has 0 saturated heterocycles. The van der Waals surface area contributed by atoms with Gasteiger partial charge < -0.3 is 5.32 Å². The number of halogens is 2. The zero-order valence-electron chi connectivity index (χ0n) is 9.36. The Labute approximate surface area is 109 Å². The summed E-state index contributed by atoms with van der Waals surface area (Å²) in [6.45, 7) is 7.59. The van der Waals surface area contributed by atoms with Gasteiger partial charge in [0.05, 0.1) is 0 Å². The van der Waals surface area contributed by atoms with Crippen molar-refractivity contribution in [2.45, 2.75) is 45.7 Å². The summed E-state index contributed by atoms with van der Waals surface area (Å²) in [5.74, 6) is 0. The van der Waals surface area contributed by atoms with E-state index in [-0.39, 0.29) is 5.54 Å². The van der Waals surface area contributed by atoms with Gasteiger partial charge in [0, 0.05) is 21.4 Å². The Balaban J connectivity index is 2.56. The number of hydrogen-bond acceptors (Lipinski definition) is 2. The standard InChI is InChI=1S/C11H17BrClNS/c1-4-11(3,5-2)14-7-8-6-9(12)10(13)15-8/h6,14H,4-5,7H2,1-3H3. The van der Waals surface area contributed by atoms with Gasteiger partial charge in [-0.15, -0.1) is 11.3 Å². The van der Waals surface area contributed by atoms with Crippen LogP contribution in [0.15, 0.2) is 10.5 Å². The lowest BCUT2D eigenvalue weighted by Crippen LogP contribution is -2.40. The second kappa shape index (κ2) is 5.67. The molecule has 0 bridgehead atoms. The number of thiophene rings is 1. The van der Waals surface area contributed by atoms with Gasteiger partial charge in [0.2, 0.25) is 0 Å². The average molecular weight is 311 g/mol. The normalized spacial score (nSPS) is 12.1. The van der Waals surface area contributed by atoms with Crippen LogP contribution in [0.2, 0.25) is 4.34 Å². The Morgan fingerprint density at radius 3 is 2.47 bits per heavy atom. The third-order valence-corrected chi connectivity index (χ3v) is 5.42. The van der Waals surface area contributed by atoms with Crippen molar-refractivity contribution >= 4 is 38.9 Å². The van der Waals surface area contributed by atoms with E-state index < -0.39 is 0 Å². The molecule has 4 heteroatoms. The molecule has 0 aliphatic rings. The number of hydrogen-bond donors (Lipinski definition) is 1. The van der Waals surface area contributed by atoms with Gasteiger partial charge in [-0.3, -0.25) is 0 Å². The fourth-order valence-corrected chi connectivity index (χ4v) is 3.01. The van der Waals surface area contributed by atoms with Crippen LogP contribution in [0.25, 0.3) is 0 Å². The zero-order valence-corrected chi connectivity index (χ0v) is 12.5. The Bertz CT molecular complexity index is 301. The van der Waals surface area contributed by atoms with E-state index in [4.69, 9.17) is 11.6 Å². The highest BCUT2D eigenvalue weighted by molar-refractivity contribution is 9.10. The first kappa shape index (κ1) is 13.5. The first-order chi connectivity index (χ1) is 7.00. The summed E-state index contributed by atoms with van der Waals surface area (Å²) in [7, 11) is 0. The van der Waals surface area contributed by atoms with Crippen LogP contribution >= 0.6 is 38.9 Å². The lowest BCUT2D eigenvalue weighted by atomic mass is 9.96. The molecule has 1 aromatic heterocycles. The minimum absolute atomic E-state index is 0.239. The van der Waals surface area contributed by atoms with E-state index in [9.17, 15) is 0 Å². The second-order valence-corrected chi connectivity index (χ2v) is 6.55. The topological polar surface area (TPSA) is 12.0 Å². The minimum atomic E-state index is 0.239. The molecule has 1 nitrogen and oxygen atoms in total. The van der Waals surface area contributed by atoms with Gasteiger partial charge in [-0.25, -0.2) is 0 Å². The molecule has 1 N–H and O–H groups in total. The smallest absolute Gasteiger partial charge is 0.107 e. The maximum absolute atomic E-state index is 5.99. The Morgan fingerprint density at radius 2 is 2.07 bits per heavy atom. The summed E-state index contributed by atoms with van der Waals surface area (Å²) in [5.41, 5.74) is 0.239. The van der Waals surface area contributed by atoms with Gasteiger partial charge in [-0.2, -0.15) is 0 Å². The quantitative estimate of drug-likeness (QED) is 0.821. The van der Waals surface area contributed by atoms with E-state index >= 15 is 0 Å². The van der Waals surface area contributed by atoms with Crippen LogP contribution in [0.1, 0.15) is 38.5 Å². The fraction of sp³-hybridized carbons (Fsp3) is 0.636. The van der Waals surface area contributed by atoms with Crippen molar-refractivity contribution in [1.29, 1.82) is 0 Å². The molecule has 0 saturated carbocycles. The first-order valence-corrected chi connectivity index (χ1v) is 7.18. The molecule has 1 aromatic rings. The predicted molar refractivity (Wildman–Crippen MR) is 72.9 cm³/mol. The van der Waals surface area contributed by atoms with E-state index in [0.717, 1.165) is 28.2 Å². The molecule has 15 heavy (non-hydrogen) atoms. The second-order valence-electron chi connectivity index (χ2n) is 3.96. The van der Waals surface area contributed by atoms with Gasteiger partial charge in [0.15, 0.2) is 0 Å². The number of rotatable bonds is 5. The predicted octanol–water partition coefficient (Wildman–Crippen LogP) is 4.83. The van der Waals surface area contributed by atoms with E-state index in [1.54, 1.807) is 11.3 Å². The van der Waals surface area contributed by atoms with E-state index in [1.807, 2.05) is 0 Å². The molecular formula is C11H17BrClNS. The van der Waals surface area contributed by atoms with Crippen LogP contribution in [-0.4, -0.2) is 5.54 Å². The van der Waals surface area contributed by atoms with Crippen LogP contribution in [-0.2, 0) is 6.54 Å². The van der Waals surface area contributed by atoms with Crippen LogP contribution in [0, 0.1) is 0 Å². The largest absolute Gasteiger partial charge is 0.307 e. The van der Waals surface area contributed by atoms with Crippen LogP contribution in [0.5, 0.6) is 0 Å². The van der Waals surface area contributed by atoms with Crippen molar-refractivity contribution in [3.05, 3.63) is 19.8 Å². The summed E-state index contributed by atoms with van der Waals surface area (Å²) >= 11 is 11.0. The van der Waals surface area contributed by atoms with Crippen molar-refractivity contribution in [1.82, 2.24) is 5.32 Å². The molecule has 1 rings (SSSR count). The Hall–Kier alpha value is 0.430. The van der Waals surface area contributed by atoms with Crippen LogP contribution in [0.4, 0.5) is 0 Å². The van der Waals surface area contributed by atoms with Crippen molar-refractivity contribution in [2.75, 3.05) is 0 Å². The molecular weight excluding hydrogens is 294 g/mol. The summed E-state index contributed by atoms with van der Waals surface area (Å²) in [4.78, 5) is 1.28. The maximum atomic E-state index is 5.99. The molecule has 0 spiro atoms. The molecule has 86 valence electrons. The van der Waals surface area contributed by atoms with E-state index in [1.165, 1.54) is 4.88 Å². The Kier molecular flexibility index (Phi) is 5.10. The molecule has 1 heterocycles. The van der Waals surface area contributed by atoms with Crippen LogP contribution in [0.3, 0.4) is 0 Å². The fourth-order valence-electron chi connectivity index (χ4n) is 1.28. The SMILES string of the molecule is CCC(C)(CC)NCc1cc(Br)c(Cl)s1. The van der Waals surface area contributed by atoms with Gasteiger partial charge in [-0.05, 0) is 41.8 Å². The van der Waals surface area contributed by atoms with Gasteiger partial charge in [0.1, 0.15) is 4.34 Å². The summed E-state index contributed by atoms with van der Waals surface area (Å²) in [6.07, 6.45) is 2.29. The first-order valence-electron chi connectivity index (χ1n) is 5.19. The van der Waals surface area contributed by atoms with Gasteiger partial charge in [0.25, 0.3) is 0 Å². The monoisotopic (exact) mass is 309 g/mol. The summed E-state index contributed by atoms with van der Waals surface area (Å²) in [5, 5.41) is 3.58. The average Bonchev–Trinajstić information content (AvgIpc) is 2.55. The molecule has 0 fully saturated rings. The van der Waals surface area contributed by atoms with Gasteiger partial charge >= 0.3 is 0 Å². The van der Waals surface area contributed by atoms with Crippen LogP contribution < -0.4 is 5.32 Å². The minimum Gasteiger partial charge on any atom is -0.307 e. The molecule has 0 radical (unpaired) electrons. The van der Waals surface area contributed by atoms with Crippen molar-refractivity contribution in [3.63, 3.8) is 0 Å².